The van der Waals surface area contributed by atoms with E-state index in [0.717, 1.165) is 25.3 Å². The minimum atomic E-state index is 0.201. The molecule has 0 aliphatic carbocycles. The number of rotatable bonds is 5. The van der Waals surface area contributed by atoms with Crippen LogP contribution in [0, 0.1) is 0 Å². The fourth-order valence-corrected chi connectivity index (χ4v) is 2.21. The summed E-state index contributed by atoms with van der Waals surface area (Å²) < 4.78 is 7.55. The van der Waals surface area contributed by atoms with E-state index in [0.29, 0.717) is 0 Å². The molecule has 0 unspecified atom stereocenters. The zero-order valence-corrected chi connectivity index (χ0v) is 12.4. The van der Waals surface area contributed by atoms with Crippen LogP contribution < -0.4 is 10.1 Å². The summed E-state index contributed by atoms with van der Waals surface area (Å²) in [5.41, 5.74) is 1.48. The van der Waals surface area contributed by atoms with Gasteiger partial charge in [-0.25, -0.2) is 0 Å². The van der Waals surface area contributed by atoms with Crippen LogP contribution in [-0.2, 0) is 6.54 Å². The third-order valence-corrected chi connectivity index (χ3v) is 3.21. The van der Waals surface area contributed by atoms with Crippen molar-refractivity contribution < 1.29 is 4.74 Å². The van der Waals surface area contributed by atoms with Gasteiger partial charge in [-0.15, -0.1) is 0 Å². The summed E-state index contributed by atoms with van der Waals surface area (Å²) in [6.07, 6.45) is 3.29. The Labute approximate surface area is 115 Å². The minimum absolute atomic E-state index is 0.201. The van der Waals surface area contributed by atoms with E-state index in [4.69, 9.17) is 4.74 Å². The normalized spacial score (nSPS) is 12.0. The van der Waals surface area contributed by atoms with Crippen LogP contribution in [0.5, 0.6) is 5.75 Å². The predicted octanol–water partition coefficient (Wildman–Crippen LogP) is 3.43. The van der Waals surface area contributed by atoms with Crippen LogP contribution in [0.4, 0.5) is 0 Å². The molecule has 0 atom stereocenters. The molecule has 19 heavy (non-hydrogen) atoms. The first-order valence-electron chi connectivity index (χ1n) is 6.87. The van der Waals surface area contributed by atoms with Gasteiger partial charge >= 0.3 is 0 Å². The molecular formula is C16H24N2O. The van der Waals surface area contributed by atoms with E-state index in [-0.39, 0.29) is 5.54 Å². The second kappa shape index (κ2) is 5.66. The molecule has 0 saturated heterocycles. The van der Waals surface area contributed by atoms with Gasteiger partial charge in [0.2, 0.25) is 0 Å². The standard InChI is InChI=1S/C16H24N2O/c1-16(2,3)17-9-5-10-18-11-8-13-12-14(19-4)6-7-15(13)18/h6-8,11-12,17H,5,9-10H2,1-4H3. The molecule has 0 aliphatic rings. The molecule has 3 heteroatoms. The molecule has 1 aromatic heterocycles. The summed E-state index contributed by atoms with van der Waals surface area (Å²) in [6, 6.07) is 8.38. The highest BCUT2D eigenvalue weighted by Crippen LogP contribution is 2.21. The van der Waals surface area contributed by atoms with Crippen LogP contribution >= 0.6 is 0 Å². The summed E-state index contributed by atoms with van der Waals surface area (Å²) in [4.78, 5) is 0. The van der Waals surface area contributed by atoms with Gasteiger partial charge in [-0.2, -0.15) is 0 Å². The van der Waals surface area contributed by atoms with Crippen LogP contribution in [-0.4, -0.2) is 23.8 Å². The van der Waals surface area contributed by atoms with Crippen LogP contribution in [0.25, 0.3) is 10.9 Å². The first-order chi connectivity index (χ1) is 8.99. The molecule has 2 aromatic rings. The summed E-state index contributed by atoms with van der Waals surface area (Å²) in [5.74, 6) is 0.916. The second-order valence-corrected chi connectivity index (χ2v) is 5.96. The van der Waals surface area contributed by atoms with E-state index in [2.05, 4.69) is 55.1 Å². The first kappa shape index (κ1) is 13.9. The van der Waals surface area contributed by atoms with Gasteiger partial charge in [0, 0.05) is 29.2 Å². The Kier molecular flexibility index (Phi) is 4.15. The van der Waals surface area contributed by atoms with Crippen LogP contribution in [0.2, 0.25) is 0 Å². The first-order valence-corrected chi connectivity index (χ1v) is 6.87. The van der Waals surface area contributed by atoms with E-state index < -0.39 is 0 Å². The number of aromatic nitrogens is 1. The Morgan fingerprint density at radius 1 is 1.21 bits per heavy atom. The maximum Gasteiger partial charge on any atom is 0.119 e. The SMILES string of the molecule is COc1ccc2c(ccn2CCCNC(C)(C)C)c1. The average Bonchev–Trinajstić information content (AvgIpc) is 2.75. The number of ether oxygens (including phenoxy) is 1. The van der Waals surface area contributed by atoms with Crippen molar-refractivity contribution in [3.8, 4) is 5.75 Å². The van der Waals surface area contributed by atoms with E-state index in [9.17, 15) is 0 Å². The van der Waals surface area contributed by atoms with E-state index in [1.807, 2.05) is 6.07 Å². The number of methoxy groups -OCH3 is 1. The van der Waals surface area contributed by atoms with Crippen molar-refractivity contribution in [1.82, 2.24) is 9.88 Å². The van der Waals surface area contributed by atoms with Gasteiger partial charge in [0.25, 0.3) is 0 Å². The number of aryl methyl sites for hydroxylation is 1. The topological polar surface area (TPSA) is 26.2 Å². The maximum absolute atomic E-state index is 5.25. The third-order valence-electron chi connectivity index (χ3n) is 3.21. The number of benzene rings is 1. The lowest BCUT2D eigenvalue weighted by Crippen LogP contribution is -2.36. The van der Waals surface area contributed by atoms with Crippen molar-refractivity contribution in [3.05, 3.63) is 30.5 Å². The lowest BCUT2D eigenvalue weighted by molar-refractivity contribution is 0.414. The zero-order chi connectivity index (χ0) is 13.9. The Balaban J connectivity index is 1.98. The Morgan fingerprint density at radius 3 is 2.68 bits per heavy atom. The molecule has 0 fully saturated rings. The lowest BCUT2D eigenvalue weighted by Gasteiger charge is -2.20. The number of hydrogen-bond donors (Lipinski definition) is 1. The average molecular weight is 260 g/mol. The van der Waals surface area contributed by atoms with E-state index >= 15 is 0 Å². The highest BCUT2D eigenvalue weighted by Gasteiger charge is 2.07. The maximum atomic E-state index is 5.25. The smallest absolute Gasteiger partial charge is 0.119 e. The lowest BCUT2D eigenvalue weighted by atomic mass is 10.1. The molecule has 0 radical (unpaired) electrons. The molecule has 2 rings (SSSR count). The van der Waals surface area contributed by atoms with Crippen molar-refractivity contribution in [2.45, 2.75) is 39.3 Å². The summed E-state index contributed by atoms with van der Waals surface area (Å²) in [5, 5.41) is 4.76. The third kappa shape index (κ3) is 3.74. The van der Waals surface area contributed by atoms with Crippen LogP contribution in [0.15, 0.2) is 30.5 Å². The fraction of sp³-hybridized carbons (Fsp3) is 0.500. The summed E-state index contributed by atoms with van der Waals surface area (Å²) in [6.45, 7) is 8.68. The van der Waals surface area contributed by atoms with E-state index in [1.165, 1.54) is 10.9 Å². The second-order valence-electron chi connectivity index (χ2n) is 5.96. The van der Waals surface area contributed by atoms with Crippen LogP contribution in [0.3, 0.4) is 0 Å². The minimum Gasteiger partial charge on any atom is -0.497 e. The van der Waals surface area contributed by atoms with Gasteiger partial charge in [0.15, 0.2) is 0 Å². The van der Waals surface area contributed by atoms with Crippen LogP contribution in [0.1, 0.15) is 27.2 Å². The fourth-order valence-electron chi connectivity index (χ4n) is 2.21. The van der Waals surface area contributed by atoms with Gasteiger partial charge in [0.05, 0.1) is 7.11 Å². The Bertz CT molecular complexity index is 537. The molecule has 1 heterocycles. The molecule has 1 N–H and O–H groups in total. The van der Waals surface area contributed by atoms with Gasteiger partial charge in [-0.05, 0) is 58.0 Å². The number of nitrogens with zero attached hydrogens (tertiary/aromatic N) is 1. The molecule has 3 nitrogen and oxygen atoms in total. The Morgan fingerprint density at radius 2 is 2.00 bits per heavy atom. The van der Waals surface area contributed by atoms with Crippen molar-refractivity contribution in [1.29, 1.82) is 0 Å². The molecule has 0 bridgehead atoms. The van der Waals surface area contributed by atoms with Crippen molar-refractivity contribution in [2.75, 3.05) is 13.7 Å². The van der Waals surface area contributed by atoms with Gasteiger partial charge < -0.3 is 14.6 Å². The van der Waals surface area contributed by atoms with Gasteiger partial charge in [-0.3, -0.25) is 0 Å². The molecule has 0 saturated carbocycles. The monoisotopic (exact) mass is 260 g/mol. The zero-order valence-electron chi connectivity index (χ0n) is 12.4. The summed E-state index contributed by atoms with van der Waals surface area (Å²) in [7, 11) is 1.70. The molecule has 0 amide bonds. The molecule has 104 valence electrons. The molecular weight excluding hydrogens is 236 g/mol. The summed E-state index contributed by atoms with van der Waals surface area (Å²) >= 11 is 0. The number of hydrogen-bond acceptors (Lipinski definition) is 2. The molecule has 1 aromatic carbocycles. The van der Waals surface area contributed by atoms with E-state index in [1.54, 1.807) is 7.11 Å². The van der Waals surface area contributed by atoms with Gasteiger partial charge in [0.1, 0.15) is 5.75 Å². The Hall–Kier alpha value is -1.48. The molecule has 0 aliphatic heterocycles. The number of fused-ring (bicyclic) bond motifs is 1. The quantitative estimate of drug-likeness (QED) is 0.834. The van der Waals surface area contributed by atoms with Crippen molar-refractivity contribution in [2.24, 2.45) is 0 Å². The van der Waals surface area contributed by atoms with Gasteiger partial charge in [-0.1, -0.05) is 0 Å². The predicted molar refractivity (Wildman–Crippen MR) is 80.9 cm³/mol. The number of nitrogens with one attached hydrogen (secondary N) is 1. The molecule has 0 spiro atoms. The largest absolute Gasteiger partial charge is 0.497 e. The highest BCUT2D eigenvalue weighted by atomic mass is 16.5. The van der Waals surface area contributed by atoms with Crippen molar-refractivity contribution in [3.63, 3.8) is 0 Å². The highest BCUT2D eigenvalue weighted by molar-refractivity contribution is 5.81. The van der Waals surface area contributed by atoms with Crippen molar-refractivity contribution >= 4 is 10.9 Å².